The standard InChI is InChI=1S/C23H29N3O5S/c1-17(19-8-7-11-21(16-19)26(28)29)24(2)23(27)18-12-14-22(15-13-18)32(30,31)25(3)20-9-5-4-6-10-20/h7-8,11-17,20H,4-6,9-10H2,1-3H3. The van der Waals surface area contributed by atoms with E-state index in [0.29, 0.717) is 11.1 Å². The lowest BCUT2D eigenvalue weighted by atomic mass is 9.96. The molecule has 0 saturated heterocycles. The molecule has 1 fully saturated rings. The Morgan fingerprint density at radius 2 is 1.69 bits per heavy atom. The maximum atomic E-state index is 13.0. The zero-order valence-electron chi connectivity index (χ0n) is 18.6. The molecule has 0 aromatic heterocycles. The lowest BCUT2D eigenvalue weighted by molar-refractivity contribution is -0.384. The van der Waals surface area contributed by atoms with E-state index in [1.807, 2.05) is 0 Å². The monoisotopic (exact) mass is 459 g/mol. The zero-order chi connectivity index (χ0) is 23.5. The van der Waals surface area contributed by atoms with Crippen LogP contribution in [0.4, 0.5) is 5.69 Å². The Labute approximate surface area is 189 Å². The van der Waals surface area contributed by atoms with Crippen molar-refractivity contribution in [2.24, 2.45) is 0 Å². The van der Waals surface area contributed by atoms with Crippen molar-refractivity contribution in [2.75, 3.05) is 14.1 Å². The van der Waals surface area contributed by atoms with Crippen LogP contribution in [0.2, 0.25) is 0 Å². The minimum Gasteiger partial charge on any atom is -0.335 e. The molecule has 8 nitrogen and oxygen atoms in total. The topological polar surface area (TPSA) is 101 Å². The third kappa shape index (κ3) is 4.99. The van der Waals surface area contributed by atoms with Crippen molar-refractivity contribution in [3.8, 4) is 0 Å². The highest BCUT2D eigenvalue weighted by atomic mass is 32.2. The first-order chi connectivity index (χ1) is 15.1. The molecule has 1 saturated carbocycles. The second-order valence-electron chi connectivity index (χ2n) is 8.28. The van der Waals surface area contributed by atoms with Gasteiger partial charge in [0.25, 0.3) is 11.6 Å². The van der Waals surface area contributed by atoms with Gasteiger partial charge in [0.15, 0.2) is 0 Å². The van der Waals surface area contributed by atoms with Crippen molar-refractivity contribution in [3.05, 3.63) is 69.8 Å². The molecule has 0 radical (unpaired) electrons. The molecule has 0 aliphatic heterocycles. The highest BCUT2D eigenvalue weighted by Gasteiger charge is 2.29. The van der Waals surface area contributed by atoms with E-state index in [9.17, 15) is 23.3 Å². The van der Waals surface area contributed by atoms with Crippen molar-refractivity contribution in [1.29, 1.82) is 0 Å². The molecule has 3 rings (SSSR count). The molecule has 2 aromatic rings. The average Bonchev–Trinajstić information content (AvgIpc) is 2.82. The van der Waals surface area contributed by atoms with E-state index < -0.39 is 21.0 Å². The number of hydrogen-bond acceptors (Lipinski definition) is 5. The van der Waals surface area contributed by atoms with Crippen molar-refractivity contribution in [3.63, 3.8) is 0 Å². The summed E-state index contributed by atoms with van der Waals surface area (Å²) in [5.74, 6) is -0.298. The van der Waals surface area contributed by atoms with Gasteiger partial charge in [0.1, 0.15) is 0 Å². The summed E-state index contributed by atoms with van der Waals surface area (Å²) in [7, 11) is -0.387. The summed E-state index contributed by atoms with van der Waals surface area (Å²) in [6.07, 6.45) is 4.95. The van der Waals surface area contributed by atoms with E-state index in [0.717, 1.165) is 32.1 Å². The molecule has 32 heavy (non-hydrogen) atoms. The van der Waals surface area contributed by atoms with Gasteiger partial charge in [0, 0.05) is 37.8 Å². The van der Waals surface area contributed by atoms with E-state index in [-0.39, 0.29) is 22.5 Å². The maximum absolute atomic E-state index is 13.0. The first-order valence-corrected chi connectivity index (χ1v) is 12.2. The Hall–Kier alpha value is -2.78. The average molecular weight is 460 g/mol. The van der Waals surface area contributed by atoms with Crippen LogP contribution in [0.15, 0.2) is 53.4 Å². The van der Waals surface area contributed by atoms with Crippen LogP contribution >= 0.6 is 0 Å². The summed E-state index contributed by atoms with van der Waals surface area (Å²) in [5, 5.41) is 11.0. The number of nitro benzene ring substituents is 1. The summed E-state index contributed by atoms with van der Waals surface area (Å²) < 4.78 is 27.5. The number of amides is 1. The van der Waals surface area contributed by atoms with E-state index in [1.165, 1.54) is 45.6 Å². The highest BCUT2D eigenvalue weighted by Crippen LogP contribution is 2.28. The molecule has 0 heterocycles. The fraction of sp³-hybridized carbons (Fsp3) is 0.435. The zero-order valence-corrected chi connectivity index (χ0v) is 19.4. The van der Waals surface area contributed by atoms with Gasteiger partial charge < -0.3 is 4.90 Å². The number of sulfonamides is 1. The normalized spacial score (nSPS) is 16.0. The second kappa shape index (κ2) is 9.79. The van der Waals surface area contributed by atoms with Crippen LogP contribution < -0.4 is 0 Å². The van der Waals surface area contributed by atoms with Gasteiger partial charge in [0.2, 0.25) is 10.0 Å². The van der Waals surface area contributed by atoms with Crippen molar-refractivity contribution in [2.45, 2.75) is 56.0 Å². The van der Waals surface area contributed by atoms with Gasteiger partial charge in [-0.3, -0.25) is 14.9 Å². The van der Waals surface area contributed by atoms with E-state index in [1.54, 1.807) is 33.2 Å². The van der Waals surface area contributed by atoms with E-state index in [2.05, 4.69) is 0 Å². The number of nitro groups is 1. The number of rotatable bonds is 7. The summed E-state index contributed by atoms with van der Waals surface area (Å²) in [6.45, 7) is 1.79. The molecule has 1 aliphatic carbocycles. The fourth-order valence-electron chi connectivity index (χ4n) is 4.08. The van der Waals surface area contributed by atoms with Crippen LogP contribution in [0.25, 0.3) is 0 Å². The third-order valence-electron chi connectivity index (χ3n) is 6.33. The fourth-order valence-corrected chi connectivity index (χ4v) is 5.49. The van der Waals surface area contributed by atoms with Crippen molar-refractivity contribution >= 4 is 21.6 Å². The summed E-state index contributed by atoms with van der Waals surface area (Å²) in [5.41, 5.74) is 0.958. The Morgan fingerprint density at radius 3 is 2.28 bits per heavy atom. The molecule has 2 aromatic carbocycles. The summed E-state index contributed by atoms with van der Waals surface area (Å²) >= 11 is 0. The van der Waals surface area contributed by atoms with Crippen LogP contribution in [-0.2, 0) is 10.0 Å². The van der Waals surface area contributed by atoms with Gasteiger partial charge in [0.05, 0.1) is 15.9 Å². The van der Waals surface area contributed by atoms with Crippen molar-refractivity contribution in [1.82, 2.24) is 9.21 Å². The summed E-state index contributed by atoms with van der Waals surface area (Å²) in [4.78, 5) is 25.2. The van der Waals surface area contributed by atoms with E-state index in [4.69, 9.17) is 0 Å². The molecule has 0 bridgehead atoms. The molecule has 1 unspecified atom stereocenters. The molecular weight excluding hydrogens is 430 g/mol. The van der Waals surface area contributed by atoms with Gasteiger partial charge in [-0.25, -0.2) is 8.42 Å². The molecule has 1 aliphatic rings. The lowest BCUT2D eigenvalue weighted by Crippen LogP contribution is -2.38. The third-order valence-corrected chi connectivity index (χ3v) is 8.26. The van der Waals surface area contributed by atoms with Gasteiger partial charge in [-0.05, 0) is 49.6 Å². The molecular formula is C23H29N3O5S. The van der Waals surface area contributed by atoms with Gasteiger partial charge >= 0.3 is 0 Å². The Bertz CT molecular complexity index is 1080. The number of hydrogen-bond donors (Lipinski definition) is 0. The minimum absolute atomic E-state index is 0.0111. The smallest absolute Gasteiger partial charge is 0.269 e. The molecule has 9 heteroatoms. The second-order valence-corrected chi connectivity index (χ2v) is 10.3. The van der Waals surface area contributed by atoms with E-state index >= 15 is 0 Å². The first-order valence-electron chi connectivity index (χ1n) is 10.7. The number of carbonyl (C=O) groups excluding carboxylic acids is 1. The van der Waals surface area contributed by atoms with Crippen LogP contribution in [0.3, 0.4) is 0 Å². The number of nitrogens with zero attached hydrogens (tertiary/aromatic N) is 3. The number of benzene rings is 2. The maximum Gasteiger partial charge on any atom is 0.269 e. The van der Waals surface area contributed by atoms with Crippen molar-refractivity contribution < 1.29 is 18.1 Å². The first kappa shape index (κ1) is 23.9. The Morgan fingerprint density at radius 1 is 1.06 bits per heavy atom. The van der Waals surface area contributed by atoms with Crippen LogP contribution in [-0.4, -0.2) is 48.6 Å². The van der Waals surface area contributed by atoms with Crippen LogP contribution in [0, 0.1) is 10.1 Å². The number of non-ortho nitro benzene ring substituents is 1. The molecule has 172 valence electrons. The van der Waals surface area contributed by atoms with Gasteiger partial charge in [-0.1, -0.05) is 31.4 Å². The molecule has 0 N–H and O–H groups in total. The predicted molar refractivity (Wildman–Crippen MR) is 122 cm³/mol. The van der Waals surface area contributed by atoms with Crippen LogP contribution in [0.1, 0.15) is 61.0 Å². The molecule has 0 spiro atoms. The lowest BCUT2D eigenvalue weighted by Gasteiger charge is -2.30. The van der Waals surface area contributed by atoms with Gasteiger partial charge in [-0.2, -0.15) is 4.31 Å². The quantitative estimate of drug-likeness (QED) is 0.452. The predicted octanol–water partition coefficient (Wildman–Crippen LogP) is 4.38. The Kier molecular flexibility index (Phi) is 7.30. The highest BCUT2D eigenvalue weighted by molar-refractivity contribution is 7.89. The van der Waals surface area contributed by atoms with Crippen LogP contribution in [0.5, 0.6) is 0 Å². The number of carbonyl (C=O) groups is 1. The molecule has 1 atom stereocenters. The summed E-state index contributed by atoms with van der Waals surface area (Å²) in [6, 6.07) is 11.7. The Balaban J connectivity index is 1.75. The molecule has 1 amide bonds. The van der Waals surface area contributed by atoms with Gasteiger partial charge in [-0.15, -0.1) is 0 Å². The minimum atomic E-state index is -3.63. The SMILES string of the molecule is CC(c1cccc([N+](=O)[O-])c1)N(C)C(=O)c1ccc(S(=O)(=O)N(C)C2CCCCC2)cc1. The largest absolute Gasteiger partial charge is 0.335 e.